The van der Waals surface area contributed by atoms with Crippen LogP contribution in [-0.2, 0) is 23.2 Å². The molecule has 11 heteroatoms. The normalized spacial score (nSPS) is 12.6. The minimum Gasteiger partial charge on any atom is -0.493 e. The van der Waals surface area contributed by atoms with E-state index in [9.17, 15) is 18.5 Å². The number of rotatable bonds is 7. The summed E-state index contributed by atoms with van der Waals surface area (Å²) in [6, 6.07) is 17.3. The smallest absolute Gasteiger partial charge is 0.340 e. The van der Waals surface area contributed by atoms with E-state index in [-0.39, 0.29) is 46.8 Å². The number of ether oxygens (including phenoxy) is 1. The van der Waals surface area contributed by atoms with Gasteiger partial charge in [0, 0.05) is 40.8 Å². The maximum absolute atomic E-state index is 13.2. The number of H-pyrrole nitrogens is 1. The van der Waals surface area contributed by atoms with Crippen LogP contribution in [0.5, 0.6) is 11.5 Å². The highest BCUT2D eigenvalue weighted by atomic mass is 35.5. The molecular formula is C27H25ClN4O5S. The molecule has 9 nitrogen and oxygen atoms in total. The molecule has 0 fully saturated rings. The summed E-state index contributed by atoms with van der Waals surface area (Å²) in [6.07, 6.45) is 0. The van der Waals surface area contributed by atoms with Crippen molar-refractivity contribution in [2.75, 3.05) is 21.2 Å². The average Bonchev–Trinajstić information content (AvgIpc) is 3.47. The summed E-state index contributed by atoms with van der Waals surface area (Å²) < 4.78 is 37.4. The van der Waals surface area contributed by atoms with Crippen LogP contribution in [-0.4, -0.2) is 45.4 Å². The third-order valence-corrected chi connectivity index (χ3v) is 7.44. The number of carbonyl (C=O) groups excluding carboxylic acids is 1. The number of aromatic amines is 1. The number of nitrogens with one attached hydrogen (secondary N) is 2. The van der Waals surface area contributed by atoms with Gasteiger partial charge >= 0.3 is 10.1 Å². The largest absolute Gasteiger partial charge is 0.493 e. The molecule has 0 saturated heterocycles. The van der Waals surface area contributed by atoms with Crippen LogP contribution in [0.1, 0.15) is 27.0 Å². The molecule has 0 bridgehead atoms. The fourth-order valence-electron chi connectivity index (χ4n) is 4.56. The Kier molecular flexibility index (Phi) is 7.37. The van der Waals surface area contributed by atoms with E-state index in [2.05, 4.69) is 21.3 Å². The number of nitriles is 1. The summed E-state index contributed by atoms with van der Waals surface area (Å²) >= 11 is 0. The van der Waals surface area contributed by atoms with Crippen LogP contribution in [0.3, 0.4) is 0 Å². The van der Waals surface area contributed by atoms with Crippen LogP contribution in [0.2, 0.25) is 0 Å². The van der Waals surface area contributed by atoms with Crippen LogP contribution >= 0.6 is 12.4 Å². The van der Waals surface area contributed by atoms with Crippen molar-refractivity contribution >= 4 is 39.3 Å². The molecule has 0 unspecified atom stereocenters. The maximum atomic E-state index is 13.2. The summed E-state index contributed by atoms with van der Waals surface area (Å²) in [5.74, 6) is -0.286. The number of carbonyl (C=O) groups is 1. The van der Waals surface area contributed by atoms with E-state index in [1.807, 2.05) is 38.4 Å². The molecule has 0 radical (unpaired) electrons. The molecular weight excluding hydrogens is 528 g/mol. The summed E-state index contributed by atoms with van der Waals surface area (Å²) in [5.41, 5.74) is 3.93. The summed E-state index contributed by atoms with van der Waals surface area (Å²) in [5, 5.41) is 13.1. The van der Waals surface area contributed by atoms with Crippen molar-refractivity contribution in [2.45, 2.75) is 18.0 Å². The van der Waals surface area contributed by atoms with Gasteiger partial charge in [-0.15, -0.1) is 12.4 Å². The Balaban J connectivity index is 0.00000336. The van der Waals surface area contributed by atoms with Gasteiger partial charge in [-0.05, 0) is 56.1 Å². The summed E-state index contributed by atoms with van der Waals surface area (Å²) in [7, 11) is 1.01. The Labute approximate surface area is 226 Å². The average molecular weight is 553 g/mol. The molecule has 0 saturated carbocycles. The zero-order chi connectivity index (χ0) is 26.3. The molecule has 2 heterocycles. The van der Waals surface area contributed by atoms with E-state index in [4.69, 9.17) is 8.92 Å². The van der Waals surface area contributed by atoms with Gasteiger partial charge in [0.2, 0.25) is 0 Å². The molecule has 4 aromatic rings. The van der Waals surface area contributed by atoms with Gasteiger partial charge in [0.15, 0.2) is 11.5 Å². The molecule has 5 rings (SSSR count). The number of methoxy groups -OCH3 is 1. The maximum Gasteiger partial charge on any atom is 0.340 e. The Bertz CT molecular complexity index is 1710. The van der Waals surface area contributed by atoms with Crippen molar-refractivity contribution < 1.29 is 22.1 Å². The van der Waals surface area contributed by atoms with Gasteiger partial charge in [0.25, 0.3) is 5.91 Å². The van der Waals surface area contributed by atoms with Gasteiger partial charge in [0.05, 0.1) is 18.2 Å². The van der Waals surface area contributed by atoms with E-state index < -0.39 is 10.1 Å². The van der Waals surface area contributed by atoms with Crippen LogP contribution in [0.15, 0.2) is 59.5 Å². The second kappa shape index (κ2) is 10.4. The van der Waals surface area contributed by atoms with E-state index in [1.165, 1.54) is 25.3 Å². The van der Waals surface area contributed by atoms with Crippen molar-refractivity contribution in [1.29, 1.82) is 5.26 Å². The second-order valence-corrected chi connectivity index (χ2v) is 10.5. The molecule has 1 aliphatic heterocycles. The fourth-order valence-corrected chi connectivity index (χ4v) is 5.68. The Morgan fingerprint density at radius 1 is 1.11 bits per heavy atom. The zero-order valence-corrected chi connectivity index (χ0v) is 22.5. The number of amides is 1. The Morgan fingerprint density at radius 2 is 1.87 bits per heavy atom. The van der Waals surface area contributed by atoms with Crippen LogP contribution in [0, 0.1) is 11.3 Å². The molecule has 0 spiro atoms. The molecule has 196 valence electrons. The molecule has 0 aliphatic carbocycles. The van der Waals surface area contributed by atoms with E-state index in [0.717, 1.165) is 23.0 Å². The van der Waals surface area contributed by atoms with Crippen molar-refractivity contribution in [3.8, 4) is 28.8 Å². The number of hydrogen-bond donors (Lipinski definition) is 2. The van der Waals surface area contributed by atoms with Crippen molar-refractivity contribution in [3.05, 3.63) is 76.9 Å². The minimum atomic E-state index is -4.39. The number of benzene rings is 3. The van der Waals surface area contributed by atoms with E-state index >= 15 is 0 Å². The first kappa shape index (κ1) is 27.0. The van der Waals surface area contributed by atoms with Crippen LogP contribution in [0.25, 0.3) is 22.2 Å². The van der Waals surface area contributed by atoms with Gasteiger partial charge in [0.1, 0.15) is 11.0 Å². The number of fused-ring (bicyclic) bond motifs is 2. The standard InChI is InChI=1S/C27H24N4O5S.ClH/c1-31(2)15-16-8-9-21-18(10-16)11-22(30-21)19-12-23(35-3)26(20-14-29-27(32)25(19)20)36-37(33,34)24-7-5-4-6-17(24)13-28;/h4-12,30H,14-15H2,1-3H3,(H,29,32);1H. The molecule has 3 aromatic carbocycles. The van der Waals surface area contributed by atoms with Crippen LogP contribution < -0.4 is 14.2 Å². The highest BCUT2D eigenvalue weighted by molar-refractivity contribution is 7.87. The number of aromatic nitrogens is 1. The molecule has 2 N–H and O–H groups in total. The second-order valence-electron chi connectivity index (χ2n) is 8.98. The van der Waals surface area contributed by atoms with Crippen molar-refractivity contribution in [2.24, 2.45) is 0 Å². The van der Waals surface area contributed by atoms with E-state index in [0.29, 0.717) is 22.4 Å². The topological polar surface area (TPSA) is 125 Å². The van der Waals surface area contributed by atoms with Gasteiger partial charge in [-0.1, -0.05) is 18.2 Å². The quantitative estimate of drug-likeness (QED) is 0.329. The lowest BCUT2D eigenvalue weighted by molar-refractivity contribution is 0.0966. The minimum absolute atomic E-state index is 0. The number of halogens is 1. The Hall–Kier alpha value is -4.04. The Morgan fingerprint density at radius 3 is 2.58 bits per heavy atom. The first-order chi connectivity index (χ1) is 17.7. The number of nitrogens with zero attached hydrogens (tertiary/aromatic N) is 2. The molecule has 1 aliphatic rings. The lowest BCUT2D eigenvalue weighted by Crippen LogP contribution is -2.14. The predicted molar refractivity (Wildman–Crippen MR) is 145 cm³/mol. The van der Waals surface area contributed by atoms with E-state index in [1.54, 1.807) is 12.1 Å². The lowest BCUT2D eigenvalue weighted by Gasteiger charge is -2.16. The third kappa shape index (κ3) is 4.79. The first-order valence-electron chi connectivity index (χ1n) is 11.4. The molecule has 1 amide bonds. The number of hydrogen-bond acceptors (Lipinski definition) is 7. The lowest BCUT2D eigenvalue weighted by atomic mass is 9.98. The molecule has 38 heavy (non-hydrogen) atoms. The van der Waals surface area contributed by atoms with Gasteiger partial charge in [-0.2, -0.15) is 13.7 Å². The highest BCUT2D eigenvalue weighted by Crippen LogP contribution is 2.43. The SMILES string of the molecule is COc1cc(-c2cc3cc(CN(C)C)ccc3[nH]2)c2c(c1OS(=O)(=O)c1ccccc1C#N)CNC2=O.Cl. The molecule has 0 atom stereocenters. The summed E-state index contributed by atoms with van der Waals surface area (Å²) in [4.78, 5) is 18.1. The highest BCUT2D eigenvalue weighted by Gasteiger charge is 2.33. The monoisotopic (exact) mass is 552 g/mol. The van der Waals surface area contributed by atoms with Gasteiger partial charge in [-0.3, -0.25) is 4.79 Å². The van der Waals surface area contributed by atoms with Gasteiger partial charge < -0.3 is 24.1 Å². The first-order valence-corrected chi connectivity index (χ1v) is 12.8. The third-order valence-electron chi connectivity index (χ3n) is 6.16. The predicted octanol–water partition coefficient (Wildman–Crippen LogP) is 4.21. The van der Waals surface area contributed by atoms with Crippen LogP contribution in [0.4, 0.5) is 0 Å². The fraction of sp³-hybridized carbons (Fsp3) is 0.185. The van der Waals surface area contributed by atoms with Crippen molar-refractivity contribution in [1.82, 2.24) is 15.2 Å². The van der Waals surface area contributed by atoms with Gasteiger partial charge in [-0.25, -0.2) is 0 Å². The zero-order valence-electron chi connectivity index (χ0n) is 20.9. The summed E-state index contributed by atoms with van der Waals surface area (Å²) in [6.45, 7) is 0.855. The molecule has 1 aromatic heterocycles. The van der Waals surface area contributed by atoms with Crippen molar-refractivity contribution in [3.63, 3.8) is 0 Å².